The highest BCUT2D eigenvalue weighted by Crippen LogP contribution is 2.32. The molecule has 0 aliphatic rings. The van der Waals surface area contributed by atoms with Gasteiger partial charge in [-0.3, -0.25) is 10.1 Å². The molecule has 10 heteroatoms. The van der Waals surface area contributed by atoms with Crippen molar-refractivity contribution in [2.75, 3.05) is 12.3 Å². The van der Waals surface area contributed by atoms with E-state index in [1.165, 1.54) is 22.9 Å². The molecule has 3 aromatic rings. The minimum Gasteiger partial charge on any atom is -0.461 e. The molecular weight excluding hydrogens is 374 g/mol. The first-order chi connectivity index (χ1) is 12.9. The van der Waals surface area contributed by atoms with Gasteiger partial charge in [-0.1, -0.05) is 28.9 Å². The zero-order valence-electron chi connectivity index (χ0n) is 14.1. The average molecular weight is 388 g/mol. The van der Waals surface area contributed by atoms with Crippen molar-refractivity contribution in [1.82, 2.24) is 15.0 Å². The fraction of sp³-hybridized carbons (Fsp3) is 0.118. The number of nitrogen functional groups attached to an aromatic ring is 1. The van der Waals surface area contributed by atoms with E-state index in [9.17, 15) is 14.9 Å². The first-order valence-corrected chi connectivity index (χ1v) is 8.23. The van der Waals surface area contributed by atoms with Gasteiger partial charge in [0.25, 0.3) is 5.69 Å². The Labute approximate surface area is 158 Å². The quantitative estimate of drug-likeness (QED) is 0.308. The Kier molecular flexibility index (Phi) is 5.04. The highest BCUT2D eigenvalue weighted by molar-refractivity contribution is 6.30. The first kappa shape index (κ1) is 18.3. The summed E-state index contributed by atoms with van der Waals surface area (Å²) in [5.74, 6) is -0.688. The number of esters is 1. The van der Waals surface area contributed by atoms with Crippen LogP contribution >= 0.6 is 11.6 Å². The number of rotatable bonds is 5. The van der Waals surface area contributed by atoms with Crippen molar-refractivity contribution in [3.8, 4) is 16.9 Å². The van der Waals surface area contributed by atoms with E-state index in [0.29, 0.717) is 11.3 Å². The van der Waals surface area contributed by atoms with Crippen LogP contribution in [0, 0.1) is 10.1 Å². The minimum atomic E-state index is -0.688. The molecule has 0 fully saturated rings. The Morgan fingerprint density at radius 3 is 2.63 bits per heavy atom. The summed E-state index contributed by atoms with van der Waals surface area (Å²) in [6.45, 7) is 1.81. The van der Waals surface area contributed by atoms with Gasteiger partial charge < -0.3 is 10.5 Å². The Morgan fingerprint density at radius 2 is 2.00 bits per heavy atom. The van der Waals surface area contributed by atoms with E-state index in [1.54, 1.807) is 31.2 Å². The number of benzene rings is 2. The molecule has 3 rings (SSSR count). The zero-order valence-corrected chi connectivity index (χ0v) is 14.9. The number of anilines is 1. The number of halogens is 1. The van der Waals surface area contributed by atoms with Crippen LogP contribution < -0.4 is 5.73 Å². The number of carbonyl (C=O) groups is 1. The Morgan fingerprint density at radius 1 is 1.30 bits per heavy atom. The topological polar surface area (TPSA) is 126 Å². The van der Waals surface area contributed by atoms with Crippen molar-refractivity contribution in [2.24, 2.45) is 0 Å². The van der Waals surface area contributed by atoms with Crippen LogP contribution in [0.2, 0.25) is 5.02 Å². The van der Waals surface area contributed by atoms with Crippen molar-refractivity contribution < 1.29 is 14.5 Å². The van der Waals surface area contributed by atoms with Gasteiger partial charge in [0.1, 0.15) is 11.4 Å². The van der Waals surface area contributed by atoms with Crippen LogP contribution in [-0.4, -0.2) is 32.5 Å². The lowest BCUT2D eigenvalue weighted by Crippen LogP contribution is -2.08. The molecule has 0 bridgehead atoms. The lowest BCUT2D eigenvalue weighted by molar-refractivity contribution is -0.384. The van der Waals surface area contributed by atoms with E-state index in [-0.39, 0.29) is 34.4 Å². The molecule has 2 aromatic carbocycles. The van der Waals surface area contributed by atoms with Gasteiger partial charge in [-0.05, 0) is 31.2 Å². The predicted octanol–water partition coefficient (Wildman–Crippen LogP) is 3.25. The molecule has 1 aromatic heterocycles. The summed E-state index contributed by atoms with van der Waals surface area (Å²) >= 11 is 5.88. The van der Waals surface area contributed by atoms with Crippen LogP contribution in [0.15, 0.2) is 42.5 Å². The van der Waals surface area contributed by atoms with Crippen molar-refractivity contribution in [3.05, 3.63) is 63.3 Å². The second-order valence-corrected chi connectivity index (χ2v) is 5.87. The van der Waals surface area contributed by atoms with Crippen LogP contribution in [0.5, 0.6) is 0 Å². The van der Waals surface area contributed by atoms with Crippen LogP contribution in [0.3, 0.4) is 0 Å². The van der Waals surface area contributed by atoms with Gasteiger partial charge in [-0.25, -0.2) is 9.48 Å². The summed E-state index contributed by atoms with van der Waals surface area (Å²) in [5.41, 5.74) is 6.80. The number of hydrogen-bond acceptors (Lipinski definition) is 7. The van der Waals surface area contributed by atoms with Crippen molar-refractivity contribution in [1.29, 1.82) is 0 Å². The fourth-order valence-corrected chi connectivity index (χ4v) is 2.68. The average Bonchev–Trinajstić information content (AvgIpc) is 3.07. The lowest BCUT2D eigenvalue weighted by Gasteiger charge is -2.09. The SMILES string of the molecule is CCOC(=O)c1nnn(-c2ccc(Cl)cc2[N+](=O)[O-])c1-c1ccc(N)cc1. The zero-order chi connectivity index (χ0) is 19.6. The lowest BCUT2D eigenvalue weighted by atomic mass is 10.1. The Balaban J connectivity index is 2.27. The number of nitrogens with two attached hydrogens (primary N) is 1. The molecule has 0 atom stereocenters. The number of aromatic nitrogens is 3. The molecule has 27 heavy (non-hydrogen) atoms. The maximum Gasteiger partial charge on any atom is 0.361 e. The van der Waals surface area contributed by atoms with Crippen molar-refractivity contribution >= 4 is 28.9 Å². The second kappa shape index (κ2) is 7.42. The van der Waals surface area contributed by atoms with Gasteiger partial charge in [-0.15, -0.1) is 5.10 Å². The van der Waals surface area contributed by atoms with Crippen LogP contribution in [-0.2, 0) is 4.74 Å². The molecule has 138 valence electrons. The number of nitro groups is 1. The van der Waals surface area contributed by atoms with Crippen LogP contribution in [0.25, 0.3) is 16.9 Å². The summed E-state index contributed by atoms with van der Waals surface area (Å²) in [5, 5.41) is 19.5. The largest absolute Gasteiger partial charge is 0.461 e. The number of hydrogen-bond donors (Lipinski definition) is 1. The van der Waals surface area contributed by atoms with Gasteiger partial charge in [0.15, 0.2) is 5.69 Å². The van der Waals surface area contributed by atoms with Gasteiger partial charge in [0.2, 0.25) is 0 Å². The van der Waals surface area contributed by atoms with Gasteiger partial charge in [0.05, 0.1) is 11.5 Å². The molecule has 2 N–H and O–H groups in total. The van der Waals surface area contributed by atoms with E-state index >= 15 is 0 Å². The second-order valence-electron chi connectivity index (χ2n) is 5.43. The van der Waals surface area contributed by atoms with Gasteiger partial charge in [0, 0.05) is 22.3 Å². The van der Waals surface area contributed by atoms with E-state index in [4.69, 9.17) is 22.1 Å². The molecule has 0 amide bonds. The monoisotopic (exact) mass is 387 g/mol. The summed E-state index contributed by atoms with van der Waals surface area (Å²) in [6.07, 6.45) is 0. The third-order valence-corrected chi connectivity index (χ3v) is 3.92. The predicted molar refractivity (Wildman–Crippen MR) is 98.8 cm³/mol. The third-order valence-electron chi connectivity index (χ3n) is 3.69. The minimum absolute atomic E-state index is 0.0640. The van der Waals surface area contributed by atoms with Gasteiger partial charge in [-0.2, -0.15) is 0 Å². The van der Waals surface area contributed by atoms with E-state index in [2.05, 4.69) is 10.3 Å². The molecule has 0 saturated heterocycles. The van der Waals surface area contributed by atoms with E-state index in [0.717, 1.165) is 0 Å². The van der Waals surface area contributed by atoms with Gasteiger partial charge >= 0.3 is 5.97 Å². The van der Waals surface area contributed by atoms with Crippen molar-refractivity contribution in [3.63, 3.8) is 0 Å². The summed E-state index contributed by atoms with van der Waals surface area (Å²) in [6, 6.07) is 10.7. The Hall–Kier alpha value is -3.46. The summed E-state index contributed by atoms with van der Waals surface area (Å²) in [7, 11) is 0. The number of carbonyl (C=O) groups excluding carboxylic acids is 1. The first-order valence-electron chi connectivity index (χ1n) is 7.85. The molecule has 0 radical (unpaired) electrons. The van der Waals surface area contributed by atoms with E-state index < -0.39 is 10.9 Å². The maximum atomic E-state index is 12.3. The molecule has 0 aliphatic heterocycles. The summed E-state index contributed by atoms with van der Waals surface area (Å²) in [4.78, 5) is 23.2. The number of ether oxygens (including phenoxy) is 1. The molecule has 0 spiro atoms. The highest BCUT2D eigenvalue weighted by Gasteiger charge is 2.27. The molecule has 0 saturated carbocycles. The van der Waals surface area contributed by atoms with E-state index in [1.807, 2.05) is 0 Å². The highest BCUT2D eigenvalue weighted by atomic mass is 35.5. The third kappa shape index (κ3) is 3.58. The normalized spacial score (nSPS) is 10.6. The number of nitro benzene ring substituents is 1. The van der Waals surface area contributed by atoms with Crippen LogP contribution in [0.1, 0.15) is 17.4 Å². The van der Waals surface area contributed by atoms with Crippen molar-refractivity contribution in [2.45, 2.75) is 6.92 Å². The Bertz CT molecular complexity index is 1020. The maximum absolute atomic E-state index is 12.3. The standard InChI is InChI=1S/C17H14ClN5O4/c1-2-27-17(24)15-16(10-3-6-12(19)7-4-10)22(21-20-15)13-8-5-11(18)9-14(13)23(25)26/h3-9H,2,19H2,1H3. The molecular formula is C17H14ClN5O4. The smallest absolute Gasteiger partial charge is 0.361 e. The fourth-order valence-electron chi connectivity index (χ4n) is 2.51. The molecule has 0 unspecified atom stereocenters. The molecule has 0 aliphatic carbocycles. The van der Waals surface area contributed by atoms with Crippen LogP contribution in [0.4, 0.5) is 11.4 Å². The number of nitrogens with zero attached hydrogens (tertiary/aromatic N) is 4. The molecule has 9 nitrogen and oxygen atoms in total. The molecule has 1 heterocycles. The summed E-state index contributed by atoms with van der Waals surface area (Å²) < 4.78 is 6.24.